The van der Waals surface area contributed by atoms with Crippen LogP contribution in [-0.2, 0) is 29.5 Å². The van der Waals surface area contributed by atoms with Gasteiger partial charge in [-0.25, -0.2) is 30.0 Å². The molecule has 4 aromatic carbocycles. The Hall–Kier alpha value is -3.80. The zero-order valence-corrected chi connectivity index (χ0v) is 20.8. The van der Waals surface area contributed by atoms with Gasteiger partial charge in [0.05, 0.1) is 25.1 Å². The summed E-state index contributed by atoms with van der Waals surface area (Å²) in [7, 11) is -14.3. The van der Waals surface area contributed by atoms with Gasteiger partial charge in [0.1, 0.15) is 9.79 Å². The van der Waals surface area contributed by atoms with E-state index in [0.29, 0.717) is 0 Å². The third-order valence-corrected chi connectivity index (χ3v) is 11.1. The van der Waals surface area contributed by atoms with Gasteiger partial charge in [-0.05, 0) is 48.5 Å². The third-order valence-electron chi connectivity index (χ3n) is 5.29. The minimum Gasteiger partial charge on any atom is -0.478 e. The summed E-state index contributed by atoms with van der Waals surface area (Å²) in [5.74, 6) is -1.74. The summed E-state index contributed by atoms with van der Waals surface area (Å²) in [5, 5.41) is 9.84. The molecule has 0 aliphatic carbocycles. The third kappa shape index (κ3) is 4.32. The summed E-state index contributed by atoms with van der Waals surface area (Å²) in [5.41, 5.74) is -0.875. The molecule has 0 atom stereocenters. The Morgan fingerprint density at radius 3 is 1.22 bits per heavy atom. The molecule has 0 aliphatic rings. The smallest absolute Gasteiger partial charge is 0.337 e. The second-order valence-corrected chi connectivity index (χ2v) is 13.2. The van der Waals surface area contributed by atoms with Crippen LogP contribution in [-0.4, -0.2) is 36.3 Å². The fourth-order valence-electron chi connectivity index (χ4n) is 3.61. The fraction of sp³-hybridized carbons (Fsp3) is 0. The van der Waals surface area contributed by atoms with Crippen molar-refractivity contribution in [3.05, 3.63) is 109 Å². The van der Waals surface area contributed by atoms with E-state index in [1.165, 1.54) is 72.8 Å². The normalized spacial score (nSPS) is 12.2. The van der Waals surface area contributed by atoms with Crippen LogP contribution in [0.4, 0.5) is 0 Å². The van der Waals surface area contributed by atoms with Crippen LogP contribution in [0, 0.1) is 0 Å². The van der Waals surface area contributed by atoms with Crippen molar-refractivity contribution in [2.24, 2.45) is 0 Å². The summed E-state index contributed by atoms with van der Waals surface area (Å²) in [6.45, 7) is 0. The highest BCUT2D eigenvalue weighted by atomic mass is 32.2. The second kappa shape index (κ2) is 9.34. The lowest BCUT2D eigenvalue weighted by Gasteiger charge is -2.18. The van der Waals surface area contributed by atoms with Gasteiger partial charge in [0, 0.05) is 0 Å². The van der Waals surface area contributed by atoms with Crippen LogP contribution in [0.1, 0.15) is 10.4 Å². The van der Waals surface area contributed by atoms with Crippen LogP contribution < -0.4 is 0 Å². The first-order valence-electron chi connectivity index (χ1n) is 10.3. The molecule has 36 heavy (non-hydrogen) atoms. The average molecular weight is 543 g/mol. The van der Waals surface area contributed by atoms with Crippen LogP contribution in [0.3, 0.4) is 0 Å². The van der Waals surface area contributed by atoms with Gasteiger partial charge in [-0.15, -0.1) is 0 Å². The van der Waals surface area contributed by atoms with Gasteiger partial charge < -0.3 is 5.11 Å². The molecule has 0 fully saturated rings. The summed E-state index contributed by atoms with van der Waals surface area (Å²) in [6.07, 6.45) is 0. The quantitative estimate of drug-likeness (QED) is 0.371. The van der Waals surface area contributed by atoms with Crippen molar-refractivity contribution in [1.82, 2.24) is 0 Å². The van der Waals surface area contributed by atoms with Crippen molar-refractivity contribution >= 4 is 35.5 Å². The zero-order chi connectivity index (χ0) is 26.1. The molecule has 0 saturated heterocycles. The van der Waals surface area contributed by atoms with Gasteiger partial charge in [0.15, 0.2) is 0 Å². The van der Waals surface area contributed by atoms with E-state index in [1.807, 2.05) is 0 Å². The SMILES string of the molecule is O=C(O)c1ccc(S(=O)(=O)c2ccccc2)c(S(=O)(=O)c2ccccc2)c1S(=O)(=O)c1ccccc1. The molecule has 0 amide bonds. The maximum atomic E-state index is 13.9. The molecule has 0 saturated carbocycles. The molecular formula is C25H18O8S3. The zero-order valence-electron chi connectivity index (χ0n) is 18.3. The fourth-order valence-corrected chi connectivity index (χ4v) is 9.34. The molecule has 4 aromatic rings. The summed E-state index contributed by atoms with van der Waals surface area (Å²) in [4.78, 5) is 7.95. The van der Waals surface area contributed by atoms with Crippen LogP contribution >= 0.6 is 0 Å². The largest absolute Gasteiger partial charge is 0.478 e. The number of benzene rings is 4. The van der Waals surface area contributed by atoms with E-state index >= 15 is 0 Å². The second-order valence-electron chi connectivity index (χ2n) is 7.52. The summed E-state index contributed by atoms with van der Waals surface area (Å²) >= 11 is 0. The summed E-state index contributed by atoms with van der Waals surface area (Å²) < 4.78 is 82.5. The van der Waals surface area contributed by atoms with Crippen molar-refractivity contribution in [2.75, 3.05) is 0 Å². The van der Waals surface area contributed by atoms with E-state index in [-0.39, 0.29) is 4.90 Å². The first-order valence-corrected chi connectivity index (χ1v) is 14.7. The van der Waals surface area contributed by atoms with E-state index in [4.69, 9.17) is 0 Å². The van der Waals surface area contributed by atoms with E-state index < -0.39 is 65.5 Å². The van der Waals surface area contributed by atoms with Crippen molar-refractivity contribution in [1.29, 1.82) is 0 Å². The van der Waals surface area contributed by atoms with Gasteiger partial charge in [0.2, 0.25) is 29.5 Å². The Morgan fingerprint density at radius 2 is 0.833 bits per heavy atom. The molecule has 11 heteroatoms. The standard InChI is InChI=1S/C25H18O8S3/c26-25(27)21-16-17-22(34(28,29)18-10-4-1-5-11-18)24(36(32,33)20-14-8-3-9-15-20)23(21)35(30,31)19-12-6-2-7-13-19/h1-17H,(H,26,27). The number of carboxylic acids is 1. The van der Waals surface area contributed by atoms with E-state index in [0.717, 1.165) is 24.3 Å². The van der Waals surface area contributed by atoms with Crippen molar-refractivity contribution < 1.29 is 35.2 Å². The van der Waals surface area contributed by atoms with Crippen LogP contribution in [0.2, 0.25) is 0 Å². The topological polar surface area (TPSA) is 140 Å². The monoisotopic (exact) mass is 542 g/mol. The van der Waals surface area contributed by atoms with Crippen molar-refractivity contribution in [3.63, 3.8) is 0 Å². The van der Waals surface area contributed by atoms with Gasteiger partial charge >= 0.3 is 5.97 Å². The average Bonchev–Trinajstić information content (AvgIpc) is 2.89. The Labute approximate surface area is 208 Å². The van der Waals surface area contributed by atoms with Crippen LogP contribution in [0.25, 0.3) is 0 Å². The highest BCUT2D eigenvalue weighted by molar-refractivity contribution is 7.96. The number of rotatable bonds is 7. The minimum absolute atomic E-state index is 0.291. The van der Waals surface area contributed by atoms with Crippen LogP contribution in [0.15, 0.2) is 133 Å². The number of sulfone groups is 3. The van der Waals surface area contributed by atoms with E-state index in [1.54, 1.807) is 6.07 Å². The molecule has 0 aliphatic heterocycles. The molecule has 0 bridgehead atoms. The first-order chi connectivity index (χ1) is 17.0. The number of carbonyl (C=O) groups is 1. The molecule has 4 rings (SSSR count). The Kier molecular flexibility index (Phi) is 6.56. The number of aromatic carboxylic acids is 1. The molecule has 0 unspecified atom stereocenters. The maximum Gasteiger partial charge on any atom is 0.337 e. The lowest BCUT2D eigenvalue weighted by atomic mass is 10.2. The number of hydrogen-bond donors (Lipinski definition) is 1. The lowest BCUT2D eigenvalue weighted by Crippen LogP contribution is -2.20. The predicted octanol–water partition coefficient (Wildman–Crippen LogP) is 3.88. The number of hydrogen-bond acceptors (Lipinski definition) is 7. The predicted molar refractivity (Wildman–Crippen MR) is 129 cm³/mol. The van der Waals surface area contributed by atoms with Crippen molar-refractivity contribution in [3.8, 4) is 0 Å². The van der Waals surface area contributed by atoms with Gasteiger partial charge in [-0.2, -0.15) is 0 Å². The minimum atomic E-state index is -4.86. The Bertz CT molecular complexity index is 1760. The van der Waals surface area contributed by atoms with Gasteiger partial charge in [-0.1, -0.05) is 54.6 Å². The van der Waals surface area contributed by atoms with E-state index in [9.17, 15) is 35.2 Å². The molecule has 0 spiro atoms. The van der Waals surface area contributed by atoms with Gasteiger partial charge in [-0.3, -0.25) is 0 Å². The van der Waals surface area contributed by atoms with E-state index in [2.05, 4.69) is 0 Å². The van der Waals surface area contributed by atoms with Crippen molar-refractivity contribution in [2.45, 2.75) is 29.4 Å². The molecule has 8 nitrogen and oxygen atoms in total. The molecule has 0 radical (unpaired) electrons. The maximum absolute atomic E-state index is 13.9. The molecule has 0 aromatic heterocycles. The molecule has 1 N–H and O–H groups in total. The first kappa shape index (κ1) is 25.3. The summed E-state index contributed by atoms with van der Waals surface area (Å²) in [6, 6.07) is 21.7. The lowest BCUT2D eigenvalue weighted by molar-refractivity contribution is 0.0691. The molecule has 184 valence electrons. The molecule has 0 heterocycles. The molecular weight excluding hydrogens is 524 g/mol. The van der Waals surface area contributed by atoms with Gasteiger partial charge in [0.25, 0.3) is 0 Å². The highest BCUT2D eigenvalue weighted by Gasteiger charge is 2.39. The van der Waals surface area contributed by atoms with Crippen LogP contribution in [0.5, 0.6) is 0 Å². The number of carboxylic acid groups (broad SMARTS) is 1. The Balaban J connectivity index is 2.24. The Morgan fingerprint density at radius 1 is 0.472 bits per heavy atom. The highest BCUT2D eigenvalue weighted by Crippen LogP contribution is 2.39.